The van der Waals surface area contributed by atoms with Crippen molar-refractivity contribution in [2.24, 2.45) is 23.2 Å². The first-order valence-electron chi connectivity index (χ1n) is 12.2. The summed E-state index contributed by atoms with van der Waals surface area (Å²) in [6.45, 7) is 8.86. The molecule has 0 amide bonds. The maximum absolute atomic E-state index is 10.1. The number of nitrogens with one attached hydrogen (secondary N) is 1. The molecule has 5 atom stereocenters. The zero-order valence-electron chi connectivity index (χ0n) is 19.2. The molecule has 0 aromatic rings. The van der Waals surface area contributed by atoms with Crippen molar-refractivity contribution in [3.63, 3.8) is 0 Å². The van der Waals surface area contributed by atoms with Gasteiger partial charge in [0.1, 0.15) is 0 Å². The number of aliphatic hydroxyl groups is 2. The van der Waals surface area contributed by atoms with Crippen molar-refractivity contribution < 1.29 is 10.2 Å². The Morgan fingerprint density at radius 1 is 1.32 bits per heavy atom. The fourth-order valence-electron chi connectivity index (χ4n) is 6.14. The molecule has 168 valence electrons. The molecule has 3 N–H and O–H groups in total. The van der Waals surface area contributed by atoms with Gasteiger partial charge in [-0.15, -0.1) is 0 Å². The molecule has 4 rings (SSSR count). The first-order chi connectivity index (χ1) is 14.8. The van der Waals surface area contributed by atoms with E-state index in [0.29, 0.717) is 30.6 Å². The lowest BCUT2D eigenvalue weighted by atomic mass is 9.62. The Kier molecular flexibility index (Phi) is 6.55. The number of aliphatic hydroxyl groups excluding tert-OH is 2. The van der Waals surface area contributed by atoms with E-state index in [0.717, 1.165) is 36.1 Å². The molecule has 3 nitrogen and oxygen atoms in total. The van der Waals surface area contributed by atoms with Gasteiger partial charge in [-0.1, -0.05) is 55.9 Å². The second-order valence-electron chi connectivity index (χ2n) is 10.6. The normalized spacial score (nSPS) is 37.4. The van der Waals surface area contributed by atoms with E-state index in [1.807, 2.05) is 6.08 Å². The van der Waals surface area contributed by atoms with Crippen molar-refractivity contribution in [1.29, 1.82) is 5.41 Å². The number of allylic oxidation sites excluding steroid dienone is 7. The smallest absolute Gasteiger partial charge is 0.0811 e. The van der Waals surface area contributed by atoms with Crippen LogP contribution in [0.1, 0.15) is 71.6 Å². The number of hydrogen-bond donors (Lipinski definition) is 3. The van der Waals surface area contributed by atoms with Crippen LogP contribution in [0.4, 0.5) is 0 Å². The highest BCUT2D eigenvalue weighted by atomic mass is 16.3. The molecule has 3 fully saturated rings. The molecule has 0 saturated heterocycles. The molecule has 4 aliphatic carbocycles. The monoisotopic (exact) mass is 421 g/mol. The molecule has 0 spiro atoms. The summed E-state index contributed by atoms with van der Waals surface area (Å²) in [5, 5.41) is 28.3. The van der Waals surface area contributed by atoms with Crippen LogP contribution in [0.25, 0.3) is 0 Å². The molecule has 0 aliphatic heterocycles. The molecule has 0 aromatic heterocycles. The molecule has 0 unspecified atom stereocenters. The van der Waals surface area contributed by atoms with Gasteiger partial charge in [-0.3, -0.25) is 0 Å². The van der Waals surface area contributed by atoms with Gasteiger partial charge in [-0.2, -0.15) is 0 Å². The van der Waals surface area contributed by atoms with E-state index in [1.54, 1.807) is 5.57 Å². The van der Waals surface area contributed by atoms with Crippen molar-refractivity contribution in [3.05, 3.63) is 59.3 Å². The summed E-state index contributed by atoms with van der Waals surface area (Å²) >= 11 is 0. The number of rotatable bonds is 6. The molecule has 4 aliphatic rings. The summed E-state index contributed by atoms with van der Waals surface area (Å²) in [5.74, 6) is 1.59. The topological polar surface area (TPSA) is 64.3 Å². The highest BCUT2D eigenvalue weighted by molar-refractivity contribution is 5.95. The zero-order valence-corrected chi connectivity index (χ0v) is 19.2. The van der Waals surface area contributed by atoms with Crippen molar-refractivity contribution in [3.8, 4) is 0 Å². The third kappa shape index (κ3) is 4.73. The largest absolute Gasteiger partial charge is 0.393 e. The molecule has 31 heavy (non-hydrogen) atoms. The quantitative estimate of drug-likeness (QED) is 0.360. The van der Waals surface area contributed by atoms with Crippen LogP contribution in [-0.4, -0.2) is 28.1 Å². The van der Waals surface area contributed by atoms with E-state index in [-0.39, 0.29) is 5.41 Å². The van der Waals surface area contributed by atoms with Gasteiger partial charge in [0.15, 0.2) is 0 Å². The molecule has 0 aromatic carbocycles. The molecule has 0 radical (unpaired) electrons. The molecule has 3 saturated carbocycles. The van der Waals surface area contributed by atoms with Crippen molar-refractivity contribution in [2.75, 3.05) is 0 Å². The second-order valence-corrected chi connectivity index (χ2v) is 10.6. The van der Waals surface area contributed by atoms with Crippen LogP contribution in [-0.2, 0) is 0 Å². The van der Waals surface area contributed by atoms with Crippen LogP contribution >= 0.6 is 0 Å². The maximum atomic E-state index is 10.1. The zero-order chi connectivity index (χ0) is 22.2. The number of fused-ring (bicyclic) bond motifs is 1. The first kappa shape index (κ1) is 22.5. The SMILES string of the molecule is C=C1/C(=C\C=C2/CCC[C@]3(C)C([C@@H](C)C/C=C/C(=N)C4CC4)=CC[C@@H]23)C[C@@H](O)C[C@@H]1O. The van der Waals surface area contributed by atoms with E-state index in [2.05, 4.69) is 44.7 Å². The average Bonchev–Trinajstić information content (AvgIpc) is 3.51. The standard InChI is InChI=1S/C28H39NO2/c1-18(6-4-8-26(29)21-10-11-21)24-13-14-25-20(7-5-15-28(24,25)3)9-12-22-16-23(30)17-27(31)19(22)2/h4,8-9,12-13,18,21,23,25,27,29-31H,2,5-7,10-11,14-17H2,1,3H3/b8-4+,20-9+,22-12-,29-26?/t18-,23+,25-,27-,28+/m0/s1. The van der Waals surface area contributed by atoms with Gasteiger partial charge >= 0.3 is 0 Å². The fourth-order valence-corrected chi connectivity index (χ4v) is 6.14. The lowest BCUT2D eigenvalue weighted by Gasteiger charge is -2.42. The molecular formula is C28H39NO2. The number of hydrogen-bond acceptors (Lipinski definition) is 3. The minimum absolute atomic E-state index is 0.225. The van der Waals surface area contributed by atoms with Gasteiger partial charge in [0.2, 0.25) is 0 Å². The van der Waals surface area contributed by atoms with Crippen molar-refractivity contribution in [1.82, 2.24) is 0 Å². The first-order valence-corrected chi connectivity index (χ1v) is 12.2. The van der Waals surface area contributed by atoms with Gasteiger partial charge < -0.3 is 15.6 Å². The highest BCUT2D eigenvalue weighted by Crippen LogP contribution is 2.57. The summed E-state index contributed by atoms with van der Waals surface area (Å²) in [7, 11) is 0. The van der Waals surface area contributed by atoms with Crippen LogP contribution in [0, 0.1) is 28.6 Å². The van der Waals surface area contributed by atoms with E-state index < -0.39 is 12.2 Å². The molecular weight excluding hydrogens is 382 g/mol. The van der Waals surface area contributed by atoms with Gasteiger partial charge in [0, 0.05) is 18.1 Å². The summed E-state index contributed by atoms with van der Waals surface area (Å²) in [6.07, 6.45) is 19.1. The highest BCUT2D eigenvalue weighted by Gasteiger charge is 2.45. The molecule has 0 bridgehead atoms. The van der Waals surface area contributed by atoms with E-state index in [4.69, 9.17) is 5.41 Å². The van der Waals surface area contributed by atoms with Crippen LogP contribution in [0.3, 0.4) is 0 Å². The second kappa shape index (κ2) is 9.03. The summed E-state index contributed by atoms with van der Waals surface area (Å²) in [5.41, 5.74) is 5.91. The Morgan fingerprint density at radius 3 is 2.84 bits per heavy atom. The fraction of sp³-hybridized carbons (Fsp3) is 0.607. The lowest BCUT2D eigenvalue weighted by molar-refractivity contribution is 0.0862. The van der Waals surface area contributed by atoms with Crippen LogP contribution in [0.5, 0.6) is 0 Å². The van der Waals surface area contributed by atoms with Crippen LogP contribution in [0.15, 0.2) is 59.3 Å². The summed E-state index contributed by atoms with van der Waals surface area (Å²) in [6, 6.07) is 0. The van der Waals surface area contributed by atoms with Crippen LogP contribution in [0.2, 0.25) is 0 Å². The van der Waals surface area contributed by atoms with E-state index in [9.17, 15) is 10.2 Å². The average molecular weight is 422 g/mol. The Morgan fingerprint density at radius 2 is 2.10 bits per heavy atom. The third-order valence-corrected chi connectivity index (χ3v) is 8.21. The maximum Gasteiger partial charge on any atom is 0.0811 e. The van der Waals surface area contributed by atoms with Gasteiger partial charge in [0.25, 0.3) is 0 Å². The van der Waals surface area contributed by atoms with Gasteiger partial charge in [-0.25, -0.2) is 0 Å². The molecule has 0 heterocycles. The van der Waals surface area contributed by atoms with E-state index in [1.165, 1.54) is 31.3 Å². The summed E-state index contributed by atoms with van der Waals surface area (Å²) < 4.78 is 0. The Hall–Kier alpha value is -1.71. The summed E-state index contributed by atoms with van der Waals surface area (Å²) in [4.78, 5) is 0. The minimum atomic E-state index is -0.625. The van der Waals surface area contributed by atoms with E-state index >= 15 is 0 Å². The van der Waals surface area contributed by atoms with Crippen molar-refractivity contribution in [2.45, 2.75) is 83.8 Å². The van der Waals surface area contributed by atoms with Gasteiger partial charge in [-0.05, 0) is 85.8 Å². The Labute approximate surface area is 187 Å². The minimum Gasteiger partial charge on any atom is -0.393 e. The third-order valence-electron chi connectivity index (χ3n) is 8.21. The Bertz CT molecular complexity index is 856. The van der Waals surface area contributed by atoms with Crippen molar-refractivity contribution >= 4 is 5.71 Å². The Balaban J connectivity index is 1.45. The van der Waals surface area contributed by atoms with Gasteiger partial charge in [0.05, 0.1) is 12.2 Å². The predicted molar refractivity (Wildman–Crippen MR) is 128 cm³/mol. The molecule has 3 heteroatoms. The lowest BCUT2D eigenvalue weighted by Crippen LogP contribution is -2.32. The van der Waals surface area contributed by atoms with Crippen LogP contribution < -0.4 is 0 Å². The predicted octanol–water partition coefficient (Wildman–Crippen LogP) is 6.06.